The Morgan fingerprint density at radius 1 is 1.41 bits per heavy atom. The molecule has 1 aliphatic rings. The van der Waals surface area contributed by atoms with Gasteiger partial charge in [-0.05, 0) is 18.2 Å². The number of hydrogen-bond donors (Lipinski definition) is 4. The van der Waals surface area contributed by atoms with Gasteiger partial charge in [0.15, 0.2) is 6.10 Å². The van der Waals surface area contributed by atoms with Crippen molar-refractivity contribution in [2.45, 2.75) is 24.4 Å². The fraction of sp³-hybridized carbons (Fsp3) is 0.333. The molecule has 144 valence electrons. The Balaban J connectivity index is 1.81. The van der Waals surface area contributed by atoms with Crippen LogP contribution in [0.1, 0.15) is 16.7 Å². The maximum Gasteiger partial charge on any atom is 0.351 e. The molecule has 3 heterocycles. The predicted molar refractivity (Wildman–Crippen MR) is 87.0 cm³/mol. The Kier molecular flexibility index (Phi) is 4.87. The molecule has 27 heavy (non-hydrogen) atoms. The van der Waals surface area contributed by atoms with Crippen LogP contribution in [-0.4, -0.2) is 55.4 Å². The van der Waals surface area contributed by atoms with Gasteiger partial charge in [-0.15, -0.1) is 0 Å². The highest BCUT2D eigenvalue weighted by atomic mass is 19.3. The van der Waals surface area contributed by atoms with Crippen LogP contribution in [0, 0.1) is 0 Å². The number of anilines is 2. The molecule has 12 heteroatoms. The van der Waals surface area contributed by atoms with Crippen LogP contribution in [0.5, 0.6) is 0 Å². The first kappa shape index (κ1) is 18.8. The number of halogens is 2. The van der Waals surface area contributed by atoms with Crippen molar-refractivity contribution in [2.24, 2.45) is 0 Å². The lowest BCUT2D eigenvalue weighted by Gasteiger charge is -2.21. The minimum Gasteiger partial charge on any atom is -0.397 e. The summed E-state index contributed by atoms with van der Waals surface area (Å²) in [7, 11) is 0. The summed E-state index contributed by atoms with van der Waals surface area (Å²) in [6.07, 6.45) is -3.77. The largest absolute Gasteiger partial charge is 0.397 e. The van der Waals surface area contributed by atoms with E-state index >= 15 is 0 Å². The minimum absolute atomic E-state index is 0.00903. The topological polar surface area (TPSA) is 153 Å². The molecule has 3 rings (SSSR count). The van der Waals surface area contributed by atoms with Crippen molar-refractivity contribution in [3.63, 3.8) is 0 Å². The van der Waals surface area contributed by atoms with Crippen LogP contribution in [0.25, 0.3) is 0 Å². The second-order valence-corrected chi connectivity index (χ2v) is 5.76. The summed E-state index contributed by atoms with van der Waals surface area (Å²) in [6.45, 7) is -0.849. The molecule has 0 radical (unpaired) electrons. The Morgan fingerprint density at radius 2 is 2.15 bits per heavy atom. The van der Waals surface area contributed by atoms with Crippen molar-refractivity contribution in [3.8, 4) is 0 Å². The molecule has 1 saturated heterocycles. The molecule has 0 aliphatic carbocycles. The van der Waals surface area contributed by atoms with E-state index in [2.05, 4.69) is 15.3 Å². The van der Waals surface area contributed by atoms with E-state index in [4.69, 9.17) is 15.6 Å². The van der Waals surface area contributed by atoms with Crippen LogP contribution >= 0.6 is 0 Å². The van der Waals surface area contributed by atoms with Crippen LogP contribution in [0.15, 0.2) is 35.4 Å². The number of carbonyl (C=O) groups is 1. The van der Waals surface area contributed by atoms with E-state index < -0.39 is 42.6 Å². The fourth-order valence-electron chi connectivity index (χ4n) is 2.50. The molecule has 1 fully saturated rings. The first-order chi connectivity index (χ1) is 12.7. The Hall–Kier alpha value is -2.96. The summed E-state index contributed by atoms with van der Waals surface area (Å²) < 4.78 is 33.6. The van der Waals surface area contributed by atoms with Crippen molar-refractivity contribution >= 4 is 17.4 Å². The van der Waals surface area contributed by atoms with Gasteiger partial charge >= 0.3 is 11.6 Å². The number of alkyl halides is 2. The number of nitrogen functional groups attached to an aromatic ring is 1. The normalized spacial score (nSPS) is 23.9. The van der Waals surface area contributed by atoms with E-state index in [-0.39, 0.29) is 11.5 Å². The molecule has 0 unspecified atom stereocenters. The van der Waals surface area contributed by atoms with E-state index in [1.807, 2.05) is 0 Å². The number of nitrogens with two attached hydrogens (primary N) is 1. The summed E-state index contributed by atoms with van der Waals surface area (Å²) in [5.41, 5.74) is 4.69. The minimum atomic E-state index is -3.82. The summed E-state index contributed by atoms with van der Waals surface area (Å²) in [5, 5.41) is 20.8. The second kappa shape index (κ2) is 6.98. The van der Waals surface area contributed by atoms with Gasteiger partial charge < -0.3 is 26.0 Å². The van der Waals surface area contributed by atoms with Gasteiger partial charge in [-0.3, -0.25) is 9.36 Å². The lowest BCUT2D eigenvalue weighted by Crippen LogP contribution is -2.41. The lowest BCUT2D eigenvalue weighted by molar-refractivity contribution is -0.140. The van der Waals surface area contributed by atoms with E-state index in [0.29, 0.717) is 10.3 Å². The van der Waals surface area contributed by atoms with E-state index in [1.54, 1.807) is 0 Å². The molecule has 0 aromatic carbocycles. The molecule has 2 aromatic heterocycles. The number of hydrogen-bond acceptors (Lipinski definition) is 8. The maximum absolute atomic E-state index is 14.1. The fourth-order valence-corrected chi connectivity index (χ4v) is 2.50. The molecule has 10 nitrogen and oxygen atoms in total. The molecular formula is C15H15F2N5O5. The quantitative estimate of drug-likeness (QED) is 0.544. The van der Waals surface area contributed by atoms with Crippen molar-refractivity contribution < 1.29 is 28.5 Å². The maximum atomic E-state index is 14.1. The van der Waals surface area contributed by atoms with Crippen molar-refractivity contribution in [2.75, 3.05) is 17.7 Å². The van der Waals surface area contributed by atoms with Gasteiger partial charge in [0, 0.05) is 6.20 Å². The van der Waals surface area contributed by atoms with Gasteiger partial charge in [0.1, 0.15) is 17.6 Å². The summed E-state index contributed by atoms with van der Waals surface area (Å²) in [5.74, 6) is -4.70. The molecule has 1 amide bonds. The molecule has 5 N–H and O–H groups in total. The smallest absolute Gasteiger partial charge is 0.351 e. The van der Waals surface area contributed by atoms with Crippen molar-refractivity contribution in [3.05, 3.63) is 46.8 Å². The van der Waals surface area contributed by atoms with Gasteiger partial charge in [0.2, 0.25) is 6.23 Å². The SMILES string of the molecule is Nc1ccc(C(=O)Nc2ccn([C@@H]3O[C@H](CO)[C@@H](O)C3(F)F)c(=O)n2)nc1. The number of ether oxygens (including phenoxy) is 1. The standard InChI is InChI=1S/C15H15F2N5O5/c16-15(17)11(24)9(6-23)27-13(15)22-4-3-10(21-14(22)26)20-12(25)8-2-1-7(18)5-19-8/h1-5,9,11,13,23-24H,6,18H2,(H,20,21,25,26)/t9-,11-,13-/m1/s1. The molecular weight excluding hydrogens is 368 g/mol. The number of rotatable bonds is 4. The van der Waals surface area contributed by atoms with Crippen LogP contribution in [0.4, 0.5) is 20.3 Å². The second-order valence-electron chi connectivity index (χ2n) is 5.76. The molecule has 0 bridgehead atoms. The van der Waals surface area contributed by atoms with Gasteiger partial charge in [0.05, 0.1) is 18.5 Å². The van der Waals surface area contributed by atoms with Gasteiger partial charge in [0.25, 0.3) is 5.91 Å². The molecule has 3 atom stereocenters. The number of aliphatic hydroxyl groups is 2. The average molecular weight is 383 g/mol. The molecule has 1 aliphatic heterocycles. The van der Waals surface area contributed by atoms with Gasteiger partial charge in [-0.2, -0.15) is 13.8 Å². The van der Waals surface area contributed by atoms with Gasteiger partial charge in [-0.1, -0.05) is 0 Å². The zero-order valence-electron chi connectivity index (χ0n) is 13.6. The molecule has 2 aromatic rings. The summed E-state index contributed by atoms with van der Waals surface area (Å²) >= 11 is 0. The first-order valence-corrected chi connectivity index (χ1v) is 7.68. The highest BCUT2D eigenvalue weighted by Gasteiger charge is 2.59. The third kappa shape index (κ3) is 3.49. The number of nitrogens with zero attached hydrogens (tertiary/aromatic N) is 3. The summed E-state index contributed by atoms with van der Waals surface area (Å²) in [6, 6.07) is 3.92. The van der Waals surface area contributed by atoms with Crippen molar-refractivity contribution in [1.29, 1.82) is 0 Å². The number of aromatic nitrogens is 3. The Bertz CT molecular complexity index is 904. The zero-order chi connectivity index (χ0) is 19.8. The lowest BCUT2D eigenvalue weighted by atomic mass is 10.1. The first-order valence-electron chi connectivity index (χ1n) is 7.68. The van der Waals surface area contributed by atoms with E-state index in [1.165, 1.54) is 18.3 Å². The summed E-state index contributed by atoms with van der Waals surface area (Å²) in [4.78, 5) is 31.4. The van der Waals surface area contributed by atoms with Crippen LogP contribution in [-0.2, 0) is 4.74 Å². The van der Waals surface area contributed by atoms with Crippen LogP contribution in [0.3, 0.4) is 0 Å². The predicted octanol–water partition coefficient (Wildman–Crippen LogP) is -0.641. The third-order valence-corrected chi connectivity index (χ3v) is 3.90. The molecule has 0 spiro atoms. The Morgan fingerprint density at radius 3 is 2.70 bits per heavy atom. The third-order valence-electron chi connectivity index (χ3n) is 3.90. The monoisotopic (exact) mass is 383 g/mol. The van der Waals surface area contributed by atoms with Crippen LogP contribution in [0.2, 0.25) is 0 Å². The van der Waals surface area contributed by atoms with Gasteiger partial charge in [-0.25, -0.2) is 9.78 Å². The van der Waals surface area contributed by atoms with Crippen molar-refractivity contribution in [1.82, 2.24) is 14.5 Å². The zero-order valence-corrected chi connectivity index (χ0v) is 13.6. The molecule has 0 saturated carbocycles. The number of amides is 1. The highest BCUT2D eigenvalue weighted by Crippen LogP contribution is 2.41. The average Bonchev–Trinajstić information content (AvgIpc) is 2.85. The highest BCUT2D eigenvalue weighted by molar-refractivity contribution is 6.02. The van der Waals surface area contributed by atoms with E-state index in [9.17, 15) is 23.5 Å². The number of pyridine rings is 1. The number of carbonyl (C=O) groups excluding carboxylic acids is 1. The number of aliphatic hydroxyl groups excluding tert-OH is 2. The van der Waals surface area contributed by atoms with Crippen LogP contribution < -0.4 is 16.7 Å². The Labute approximate surface area is 150 Å². The van der Waals surface area contributed by atoms with E-state index in [0.717, 1.165) is 12.3 Å². The number of nitrogens with one attached hydrogen (secondary N) is 1.